The van der Waals surface area contributed by atoms with Crippen LogP contribution in [0, 0.1) is 46.8 Å². The SMILES string of the molecule is CC=CC(C)(CCC1CCCCC1CC1CCCCC1)C(C)C(C)CC(C)CC(C)C. The van der Waals surface area contributed by atoms with Gasteiger partial charge in [0.15, 0.2) is 0 Å². The van der Waals surface area contributed by atoms with Gasteiger partial charge in [0.2, 0.25) is 0 Å². The summed E-state index contributed by atoms with van der Waals surface area (Å²) in [5, 5.41) is 0. The average molecular weight is 431 g/mol. The van der Waals surface area contributed by atoms with Gasteiger partial charge in [0.1, 0.15) is 0 Å². The number of rotatable bonds is 12. The zero-order chi connectivity index (χ0) is 22.9. The molecule has 0 bridgehead atoms. The number of hydrogen-bond donors (Lipinski definition) is 0. The Labute approximate surface area is 197 Å². The van der Waals surface area contributed by atoms with Gasteiger partial charge < -0.3 is 0 Å². The molecule has 0 nitrogen and oxygen atoms in total. The van der Waals surface area contributed by atoms with Crippen LogP contribution in [-0.2, 0) is 0 Å². The van der Waals surface area contributed by atoms with E-state index in [9.17, 15) is 0 Å². The lowest BCUT2D eigenvalue weighted by Gasteiger charge is -2.41. The predicted octanol–water partition coefficient (Wildman–Crippen LogP) is 10.5. The molecule has 0 aliphatic heterocycles. The largest absolute Gasteiger partial charge is 0.0911 e. The van der Waals surface area contributed by atoms with Gasteiger partial charge in [-0.2, -0.15) is 0 Å². The Balaban J connectivity index is 1.96. The van der Waals surface area contributed by atoms with E-state index in [1.807, 2.05) is 0 Å². The first kappa shape index (κ1) is 27.0. The Morgan fingerprint density at radius 2 is 1.42 bits per heavy atom. The maximum absolute atomic E-state index is 2.58. The molecule has 2 aliphatic carbocycles. The second-order valence-corrected chi connectivity index (χ2v) is 12.8. The monoisotopic (exact) mass is 430 g/mol. The Morgan fingerprint density at radius 3 is 2.03 bits per heavy atom. The van der Waals surface area contributed by atoms with Crippen LogP contribution < -0.4 is 0 Å². The lowest BCUT2D eigenvalue weighted by Crippen LogP contribution is -2.31. The van der Waals surface area contributed by atoms with Crippen molar-refractivity contribution in [3.63, 3.8) is 0 Å². The van der Waals surface area contributed by atoms with Crippen molar-refractivity contribution in [1.29, 1.82) is 0 Å². The van der Waals surface area contributed by atoms with Crippen LogP contribution in [0.1, 0.15) is 138 Å². The summed E-state index contributed by atoms with van der Waals surface area (Å²) in [6, 6.07) is 0. The van der Waals surface area contributed by atoms with Gasteiger partial charge in [-0.3, -0.25) is 0 Å². The Morgan fingerprint density at radius 1 is 0.806 bits per heavy atom. The van der Waals surface area contributed by atoms with Crippen LogP contribution in [0.15, 0.2) is 12.2 Å². The second kappa shape index (κ2) is 13.4. The molecule has 2 saturated carbocycles. The summed E-state index contributed by atoms with van der Waals surface area (Å²) in [6.07, 6.45) is 25.7. The first-order chi connectivity index (χ1) is 14.7. The molecule has 6 atom stereocenters. The highest BCUT2D eigenvalue weighted by atomic mass is 14.4. The van der Waals surface area contributed by atoms with Gasteiger partial charge in [0.05, 0.1) is 0 Å². The molecule has 0 N–H and O–H groups in total. The molecule has 31 heavy (non-hydrogen) atoms. The van der Waals surface area contributed by atoms with Crippen molar-refractivity contribution in [3.8, 4) is 0 Å². The third-order valence-electron chi connectivity index (χ3n) is 9.57. The summed E-state index contributed by atoms with van der Waals surface area (Å²) in [7, 11) is 0. The van der Waals surface area contributed by atoms with E-state index >= 15 is 0 Å². The molecule has 0 radical (unpaired) electrons. The molecule has 0 aromatic rings. The van der Waals surface area contributed by atoms with Crippen molar-refractivity contribution in [2.75, 3.05) is 0 Å². The average Bonchev–Trinajstić information content (AvgIpc) is 2.73. The van der Waals surface area contributed by atoms with E-state index in [-0.39, 0.29) is 0 Å². The minimum Gasteiger partial charge on any atom is -0.0911 e. The number of hydrogen-bond acceptors (Lipinski definition) is 0. The lowest BCUT2D eigenvalue weighted by molar-refractivity contribution is 0.120. The van der Waals surface area contributed by atoms with E-state index in [0.29, 0.717) is 5.41 Å². The summed E-state index contributed by atoms with van der Waals surface area (Å²) in [6.45, 7) is 17.2. The van der Waals surface area contributed by atoms with Crippen molar-refractivity contribution >= 4 is 0 Å². The second-order valence-electron chi connectivity index (χ2n) is 12.8. The van der Waals surface area contributed by atoms with Crippen LogP contribution in [0.3, 0.4) is 0 Å². The Bertz CT molecular complexity index is 496. The molecule has 0 aromatic carbocycles. The first-order valence-electron chi connectivity index (χ1n) is 14.4. The molecule has 2 rings (SSSR count). The molecule has 0 saturated heterocycles. The molecular weight excluding hydrogens is 372 g/mol. The van der Waals surface area contributed by atoms with Gasteiger partial charge in [-0.25, -0.2) is 0 Å². The summed E-state index contributed by atoms with van der Waals surface area (Å²) < 4.78 is 0. The predicted molar refractivity (Wildman–Crippen MR) is 140 cm³/mol. The summed E-state index contributed by atoms with van der Waals surface area (Å²) in [4.78, 5) is 0. The molecule has 0 heteroatoms. The fourth-order valence-electron chi connectivity index (χ4n) is 7.56. The van der Waals surface area contributed by atoms with Crippen molar-refractivity contribution in [2.45, 2.75) is 138 Å². The van der Waals surface area contributed by atoms with E-state index in [0.717, 1.165) is 41.4 Å². The first-order valence-corrected chi connectivity index (χ1v) is 14.4. The van der Waals surface area contributed by atoms with Gasteiger partial charge >= 0.3 is 0 Å². The highest BCUT2D eigenvalue weighted by Crippen LogP contribution is 2.46. The zero-order valence-electron chi connectivity index (χ0n) is 22.6. The molecular formula is C31H58. The third-order valence-corrected chi connectivity index (χ3v) is 9.57. The van der Waals surface area contributed by atoms with Gasteiger partial charge in [-0.05, 0) is 85.9 Å². The zero-order valence-corrected chi connectivity index (χ0v) is 22.6. The number of allylic oxidation sites excluding steroid dienone is 2. The molecule has 0 heterocycles. The van der Waals surface area contributed by atoms with Crippen molar-refractivity contribution < 1.29 is 0 Å². The van der Waals surface area contributed by atoms with Crippen LogP contribution in [0.25, 0.3) is 0 Å². The third kappa shape index (κ3) is 8.89. The Hall–Kier alpha value is -0.260. The van der Waals surface area contributed by atoms with Crippen LogP contribution in [0.4, 0.5) is 0 Å². The van der Waals surface area contributed by atoms with E-state index in [4.69, 9.17) is 0 Å². The molecule has 0 spiro atoms. The fraction of sp³-hybridized carbons (Fsp3) is 0.935. The highest BCUT2D eigenvalue weighted by molar-refractivity contribution is 5.00. The van der Waals surface area contributed by atoms with E-state index in [1.54, 1.807) is 6.42 Å². The quantitative estimate of drug-likeness (QED) is 0.270. The molecule has 2 fully saturated rings. The van der Waals surface area contributed by atoms with E-state index in [1.165, 1.54) is 83.5 Å². The minimum absolute atomic E-state index is 0.360. The topological polar surface area (TPSA) is 0 Å². The maximum atomic E-state index is 2.58. The Kier molecular flexibility index (Phi) is 11.7. The van der Waals surface area contributed by atoms with Crippen LogP contribution >= 0.6 is 0 Å². The van der Waals surface area contributed by atoms with Gasteiger partial charge in [0.25, 0.3) is 0 Å². The van der Waals surface area contributed by atoms with E-state index in [2.05, 4.69) is 60.6 Å². The molecule has 0 aromatic heterocycles. The molecule has 6 unspecified atom stereocenters. The van der Waals surface area contributed by atoms with Gasteiger partial charge in [0, 0.05) is 0 Å². The van der Waals surface area contributed by atoms with Crippen LogP contribution in [0.2, 0.25) is 0 Å². The van der Waals surface area contributed by atoms with Crippen LogP contribution in [0.5, 0.6) is 0 Å². The molecule has 0 amide bonds. The normalized spacial score (nSPS) is 28.5. The van der Waals surface area contributed by atoms with Gasteiger partial charge in [-0.15, -0.1) is 0 Å². The maximum Gasteiger partial charge on any atom is -0.0118 e. The van der Waals surface area contributed by atoms with Crippen LogP contribution in [-0.4, -0.2) is 0 Å². The standard InChI is InChI=1S/C31H58/c1-8-19-31(7,27(6)26(5)22-25(4)21-24(2)3)20-18-29-16-12-13-17-30(29)23-28-14-10-9-11-15-28/h8,19,24-30H,9-18,20-23H2,1-7H3. The summed E-state index contributed by atoms with van der Waals surface area (Å²) in [5.41, 5.74) is 0.360. The smallest absolute Gasteiger partial charge is 0.0118 e. The highest BCUT2D eigenvalue weighted by Gasteiger charge is 2.35. The van der Waals surface area contributed by atoms with Crippen molar-refractivity contribution in [2.24, 2.45) is 46.8 Å². The van der Waals surface area contributed by atoms with E-state index < -0.39 is 0 Å². The minimum atomic E-state index is 0.360. The van der Waals surface area contributed by atoms with Crippen molar-refractivity contribution in [1.82, 2.24) is 0 Å². The van der Waals surface area contributed by atoms with Crippen molar-refractivity contribution in [3.05, 3.63) is 12.2 Å². The summed E-state index contributed by atoms with van der Waals surface area (Å²) >= 11 is 0. The summed E-state index contributed by atoms with van der Waals surface area (Å²) in [5.74, 6) is 6.34. The lowest BCUT2D eigenvalue weighted by atomic mass is 9.64. The van der Waals surface area contributed by atoms with Gasteiger partial charge in [-0.1, -0.05) is 111 Å². The molecule has 2 aliphatic rings. The molecule has 182 valence electrons. The fourth-order valence-corrected chi connectivity index (χ4v) is 7.56.